The Bertz CT molecular complexity index is 820. The lowest BCUT2D eigenvalue weighted by molar-refractivity contribution is 0.0513. The van der Waals surface area contributed by atoms with Gasteiger partial charge in [-0.15, -0.1) is 0 Å². The molecule has 0 saturated heterocycles. The summed E-state index contributed by atoms with van der Waals surface area (Å²) in [6, 6.07) is 17.8. The van der Waals surface area contributed by atoms with E-state index in [1.807, 2.05) is 48.5 Å². The van der Waals surface area contributed by atoms with Crippen LogP contribution in [0.4, 0.5) is 4.79 Å². The van der Waals surface area contributed by atoms with Gasteiger partial charge < -0.3 is 19.7 Å². The SMILES string of the molecule is CC(CP(=O)(O)C(COc1ccccc1)c1ccccc1)NC(=O)OC(C)(C)C. The van der Waals surface area contributed by atoms with Crippen molar-refractivity contribution in [1.82, 2.24) is 5.32 Å². The molecule has 1 amide bonds. The minimum atomic E-state index is -3.72. The number of carbonyl (C=O) groups excluding carboxylic acids is 1. The molecule has 0 radical (unpaired) electrons. The normalized spacial score (nSPS) is 15.6. The van der Waals surface area contributed by atoms with Gasteiger partial charge >= 0.3 is 6.09 Å². The first-order valence-electron chi connectivity index (χ1n) is 9.60. The minimum Gasteiger partial charge on any atom is -0.492 e. The smallest absolute Gasteiger partial charge is 0.407 e. The predicted octanol–water partition coefficient (Wildman–Crippen LogP) is 4.99. The molecule has 0 fully saturated rings. The molecule has 2 N–H and O–H groups in total. The van der Waals surface area contributed by atoms with Crippen LogP contribution in [0.3, 0.4) is 0 Å². The molecular formula is C22H30NO5P. The van der Waals surface area contributed by atoms with E-state index < -0.39 is 30.8 Å². The third kappa shape index (κ3) is 7.92. The Kier molecular flexibility index (Phi) is 7.88. The van der Waals surface area contributed by atoms with Gasteiger partial charge in [0, 0.05) is 12.2 Å². The average molecular weight is 419 g/mol. The van der Waals surface area contributed by atoms with E-state index in [1.54, 1.807) is 39.8 Å². The Morgan fingerprint density at radius 1 is 1.07 bits per heavy atom. The molecule has 2 aromatic carbocycles. The maximum Gasteiger partial charge on any atom is 0.407 e. The maximum absolute atomic E-state index is 13.3. The van der Waals surface area contributed by atoms with Crippen molar-refractivity contribution in [3.05, 3.63) is 66.2 Å². The van der Waals surface area contributed by atoms with Crippen LogP contribution in [0, 0.1) is 0 Å². The molecule has 0 spiro atoms. The van der Waals surface area contributed by atoms with Crippen LogP contribution in [-0.2, 0) is 9.30 Å². The van der Waals surface area contributed by atoms with Crippen molar-refractivity contribution in [2.45, 2.75) is 45.0 Å². The van der Waals surface area contributed by atoms with Crippen molar-refractivity contribution in [3.8, 4) is 5.75 Å². The van der Waals surface area contributed by atoms with E-state index in [4.69, 9.17) is 9.47 Å². The fraction of sp³-hybridized carbons (Fsp3) is 0.409. The standard InChI is InChI=1S/C22H30NO5P/c1-17(23-21(24)28-22(2,3)4)16-29(25,26)20(18-11-7-5-8-12-18)15-27-19-13-9-6-10-14-19/h5-14,17,20H,15-16H2,1-4H3,(H,23,24)(H,25,26). The number of alkyl carbamates (subject to hydrolysis) is 1. The van der Waals surface area contributed by atoms with E-state index in [2.05, 4.69) is 5.32 Å². The van der Waals surface area contributed by atoms with Crippen LogP contribution in [-0.4, -0.2) is 35.4 Å². The number of hydrogen-bond acceptors (Lipinski definition) is 4. The lowest BCUT2D eigenvalue weighted by Gasteiger charge is -2.27. The molecule has 0 aromatic heterocycles. The highest BCUT2D eigenvalue weighted by Crippen LogP contribution is 2.56. The molecule has 0 saturated carbocycles. The van der Waals surface area contributed by atoms with Gasteiger partial charge in [0.1, 0.15) is 18.0 Å². The molecule has 0 aliphatic heterocycles. The Balaban J connectivity index is 2.11. The van der Waals surface area contributed by atoms with E-state index in [9.17, 15) is 14.3 Å². The fourth-order valence-corrected chi connectivity index (χ4v) is 4.96. The van der Waals surface area contributed by atoms with Gasteiger partial charge in [-0.1, -0.05) is 48.5 Å². The van der Waals surface area contributed by atoms with Crippen LogP contribution in [0.25, 0.3) is 0 Å². The van der Waals surface area contributed by atoms with Gasteiger partial charge in [-0.3, -0.25) is 4.57 Å². The lowest BCUT2D eigenvalue weighted by Crippen LogP contribution is -2.39. The molecule has 0 aliphatic rings. The second kappa shape index (κ2) is 9.95. The van der Waals surface area contributed by atoms with E-state index in [1.165, 1.54) is 0 Å². The molecule has 2 rings (SSSR count). The molecule has 3 atom stereocenters. The third-order valence-electron chi connectivity index (χ3n) is 4.12. The number of amides is 1. The Morgan fingerprint density at radius 3 is 2.17 bits per heavy atom. The number of hydrogen-bond donors (Lipinski definition) is 2. The Hall–Kier alpha value is -2.30. The predicted molar refractivity (Wildman–Crippen MR) is 115 cm³/mol. The number of ether oxygens (including phenoxy) is 2. The number of para-hydroxylation sites is 1. The molecule has 0 aliphatic carbocycles. The summed E-state index contributed by atoms with van der Waals surface area (Å²) in [4.78, 5) is 22.9. The van der Waals surface area contributed by atoms with Crippen LogP contribution in [0.1, 0.15) is 38.9 Å². The summed E-state index contributed by atoms with van der Waals surface area (Å²) in [6.45, 7) is 7.04. The quantitative estimate of drug-likeness (QED) is 0.589. The molecule has 0 bridgehead atoms. The van der Waals surface area contributed by atoms with E-state index in [0.29, 0.717) is 5.75 Å². The van der Waals surface area contributed by atoms with Gasteiger partial charge in [-0.05, 0) is 45.4 Å². The first-order chi connectivity index (χ1) is 13.6. The van der Waals surface area contributed by atoms with E-state index in [-0.39, 0.29) is 12.8 Å². The summed E-state index contributed by atoms with van der Waals surface area (Å²) < 4.78 is 24.3. The molecule has 7 heteroatoms. The molecule has 29 heavy (non-hydrogen) atoms. The summed E-state index contributed by atoms with van der Waals surface area (Å²) >= 11 is 0. The highest BCUT2D eigenvalue weighted by atomic mass is 31.2. The van der Waals surface area contributed by atoms with Gasteiger partial charge in [0.05, 0.1) is 5.66 Å². The van der Waals surface area contributed by atoms with Gasteiger partial charge in [-0.25, -0.2) is 4.79 Å². The summed E-state index contributed by atoms with van der Waals surface area (Å²) in [5, 5.41) is 2.64. The third-order valence-corrected chi connectivity index (χ3v) is 6.61. The molecule has 2 aromatic rings. The zero-order valence-electron chi connectivity index (χ0n) is 17.4. The van der Waals surface area contributed by atoms with Gasteiger partial charge in [0.15, 0.2) is 0 Å². The molecule has 6 nitrogen and oxygen atoms in total. The van der Waals surface area contributed by atoms with Gasteiger partial charge in [-0.2, -0.15) is 0 Å². The van der Waals surface area contributed by atoms with Crippen molar-refractivity contribution in [2.75, 3.05) is 12.8 Å². The average Bonchev–Trinajstić information content (AvgIpc) is 2.61. The highest BCUT2D eigenvalue weighted by Gasteiger charge is 2.35. The van der Waals surface area contributed by atoms with E-state index in [0.717, 1.165) is 5.56 Å². The van der Waals surface area contributed by atoms with Gasteiger partial charge in [0.25, 0.3) is 0 Å². The Morgan fingerprint density at radius 2 is 1.62 bits per heavy atom. The molecule has 158 valence electrons. The number of nitrogens with one attached hydrogen (secondary N) is 1. The van der Waals surface area contributed by atoms with Crippen LogP contribution in [0.5, 0.6) is 5.75 Å². The summed E-state index contributed by atoms with van der Waals surface area (Å²) in [6.07, 6.45) is -0.703. The van der Waals surface area contributed by atoms with Crippen molar-refractivity contribution in [3.63, 3.8) is 0 Å². The number of rotatable bonds is 8. The zero-order valence-corrected chi connectivity index (χ0v) is 18.3. The molecule has 0 heterocycles. The maximum atomic E-state index is 13.3. The largest absolute Gasteiger partial charge is 0.492 e. The van der Waals surface area contributed by atoms with Crippen molar-refractivity contribution < 1.29 is 23.7 Å². The second-order valence-electron chi connectivity index (χ2n) is 8.04. The van der Waals surface area contributed by atoms with Crippen LogP contribution >= 0.6 is 7.37 Å². The number of carbonyl (C=O) groups is 1. The van der Waals surface area contributed by atoms with Crippen LogP contribution < -0.4 is 10.1 Å². The number of benzene rings is 2. The van der Waals surface area contributed by atoms with Crippen LogP contribution in [0.2, 0.25) is 0 Å². The van der Waals surface area contributed by atoms with E-state index >= 15 is 0 Å². The van der Waals surface area contributed by atoms with Crippen LogP contribution in [0.15, 0.2) is 60.7 Å². The fourth-order valence-electron chi connectivity index (χ4n) is 2.89. The second-order valence-corrected chi connectivity index (χ2v) is 10.5. The molecular weight excluding hydrogens is 389 g/mol. The van der Waals surface area contributed by atoms with Crippen molar-refractivity contribution in [2.24, 2.45) is 0 Å². The molecule has 3 unspecified atom stereocenters. The lowest BCUT2D eigenvalue weighted by atomic mass is 10.1. The first kappa shape index (κ1) is 23.0. The van der Waals surface area contributed by atoms with Crippen molar-refractivity contribution >= 4 is 13.5 Å². The summed E-state index contributed by atoms with van der Waals surface area (Å²) in [5.41, 5.74) is -0.631. The summed E-state index contributed by atoms with van der Waals surface area (Å²) in [7, 11) is -3.72. The summed E-state index contributed by atoms with van der Waals surface area (Å²) in [5.74, 6) is 0.633. The monoisotopic (exact) mass is 419 g/mol. The Labute approximate surface area is 172 Å². The van der Waals surface area contributed by atoms with Crippen molar-refractivity contribution in [1.29, 1.82) is 0 Å². The van der Waals surface area contributed by atoms with Gasteiger partial charge in [0.2, 0.25) is 7.37 Å². The topological polar surface area (TPSA) is 84.9 Å². The highest BCUT2D eigenvalue weighted by molar-refractivity contribution is 7.58. The minimum absolute atomic E-state index is 0.0565. The first-order valence-corrected chi connectivity index (χ1v) is 11.5. The zero-order chi connectivity index (χ0) is 21.5.